The molecule has 1 aliphatic rings. The summed E-state index contributed by atoms with van der Waals surface area (Å²) in [4.78, 5) is 19.2. The molecule has 1 atom stereocenters. The highest BCUT2D eigenvalue weighted by Crippen LogP contribution is 2.20. The first-order valence-electron chi connectivity index (χ1n) is 8.79. The normalized spacial score (nSPS) is 17.4. The van der Waals surface area contributed by atoms with Gasteiger partial charge in [0.1, 0.15) is 0 Å². The Morgan fingerprint density at radius 3 is 2.92 bits per heavy atom. The lowest BCUT2D eigenvalue weighted by Gasteiger charge is -2.19. The largest absolute Gasteiger partial charge is 0.378 e. The zero-order valence-electron chi connectivity index (χ0n) is 14.8. The van der Waals surface area contributed by atoms with Crippen LogP contribution in [0, 0.1) is 13.8 Å². The number of pyridine rings is 1. The van der Waals surface area contributed by atoms with Crippen LogP contribution >= 0.6 is 0 Å². The van der Waals surface area contributed by atoms with Gasteiger partial charge in [-0.2, -0.15) is 0 Å². The summed E-state index contributed by atoms with van der Waals surface area (Å²) in [6.07, 6.45) is 4.73. The van der Waals surface area contributed by atoms with Gasteiger partial charge in [-0.05, 0) is 57.7 Å². The lowest BCUT2D eigenvalue weighted by atomic mass is 10.1. The van der Waals surface area contributed by atoms with Crippen LogP contribution < -0.4 is 0 Å². The van der Waals surface area contributed by atoms with Crippen LogP contribution in [0.2, 0.25) is 0 Å². The van der Waals surface area contributed by atoms with Crippen molar-refractivity contribution in [2.45, 2.75) is 45.6 Å². The van der Waals surface area contributed by atoms with Gasteiger partial charge < -0.3 is 9.64 Å². The predicted molar refractivity (Wildman–Crippen MR) is 96.4 cm³/mol. The summed E-state index contributed by atoms with van der Waals surface area (Å²) >= 11 is 0. The number of rotatable bonds is 5. The molecule has 1 aromatic heterocycles. The fourth-order valence-electron chi connectivity index (χ4n) is 3.34. The number of benzene rings is 1. The molecule has 0 unspecified atom stereocenters. The molecule has 4 heteroatoms. The monoisotopic (exact) mass is 326 g/mol. The molecule has 0 saturated carbocycles. The maximum Gasteiger partial charge on any atom is 0.255 e. The number of nitrogens with zero attached hydrogens (tertiary/aromatic N) is 2. The number of aromatic nitrogens is 1. The molecule has 0 radical (unpaired) electrons. The van der Waals surface area contributed by atoms with Crippen LogP contribution in [0.4, 0.5) is 0 Å². The average Bonchev–Trinajstić information content (AvgIpc) is 3.07. The fraction of sp³-hybridized carbons (Fsp3) is 0.500. The van der Waals surface area contributed by atoms with Gasteiger partial charge in [0.2, 0.25) is 0 Å². The molecule has 4 nitrogen and oxygen atoms in total. The second-order valence-electron chi connectivity index (χ2n) is 6.82. The third-order valence-corrected chi connectivity index (χ3v) is 4.78. The SMILES string of the molecule is Cc1ccc2nc(C)c(C(=O)N(C)CCC[C@H]3CCCO3)cc2c1. The molecule has 1 aliphatic heterocycles. The minimum atomic E-state index is 0.0516. The molecule has 1 amide bonds. The zero-order valence-corrected chi connectivity index (χ0v) is 14.8. The predicted octanol–water partition coefficient (Wildman–Crippen LogP) is 3.88. The van der Waals surface area contributed by atoms with Crippen molar-refractivity contribution >= 4 is 16.8 Å². The van der Waals surface area contributed by atoms with Crippen molar-refractivity contribution < 1.29 is 9.53 Å². The second-order valence-corrected chi connectivity index (χ2v) is 6.82. The quantitative estimate of drug-likeness (QED) is 0.837. The molecule has 0 aliphatic carbocycles. The first-order chi connectivity index (χ1) is 11.5. The number of carbonyl (C=O) groups excluding carboxylic acids is 1. The first-order valence-corrected chi connectivity index (χ1v) is 8.79. The highest BCUT2D eigenvalue weighted by atomic mass is 16.5. The maximum absolute atomic E-state index is 12.8. The average molecular weight is 326 g/mol. The van der Waals surface area contributed by atoms with Crippen LogP contribution in [0.1, 0.15) is 47.3 Å². The number of fused-ring (bicyclic) bond motifs is 1. The highest BCUT2D eigenvalue weighted by molar-refractivity contribution is 5.98. The Balaban J connectivity index is 1.68. The maximum atomic E-state index is 12.8. The summed E-state index contributed by atoms with van der Waals surface area (Å²) < 4.78 is 5.64. The van der Waals surface area contributed by atoms with Crippen LogP contribution in [0.5, 0.6) is 0 Å². The summed E-state index contributed by atoms with van der Waals surface area (Å²) in [6, 6.07) is 8.12. The topological polar surface area (TPSA) is 42.4 Å². The second kappa shape index (κ2) is 7.31. The number of hydrogen-bond donors (Lipinski definition) is 0. The van der Waals surface area contributed by atoms with Gasteiger partial charge in [-0.25, -0.2) is 0 Å². The third-order valence-electron chi connectivity index (χ3n) is 4.78. The number of ether oxygens (including phenoxy) is 1. The van der Waals surface area contributed by atoms with E-state index >= 15 is 0 Å². The summed E-state index contributed by atoms with van der Waals surface area (Å²) in [5.41, 5.74) is 3.61. The van der Waals surface area contributed by atoms with Crippen molar-refractivity contribution in [2.75, 3.05) is 20.2 Å². The van der Waals surface area contributed by atoms with Gasteiger partial charge in [0.05, 0.1) is 22.9 Å². The van der Waals surface area contributed by atoms with Gasteiger partial charge in [0.25, 0.3) is 5.91 Å². The van der Waals surface area contributed by atoms with Gasteiger partial charge >= 0.3 is 0 Å². The summed E-state index contributed by atoms with van der Waals surface area (Å²) in [5.74, 6) is 0.0516. The molecule has 2 heterocycles. The molecular weight excluding hydrogens is 300 g/mol. The van der Waals surface area contributed by atoms with E-state index in [0.717, 1.165) is 49.0 Å². The Hall–Kier alpha value is -1.94. The molecule has 0 spiro atoms. The number of hydrogen-bond acceptors (Lipinski definition) is 3. The van der Waals surface area contributed by atoms with Crippen molar-refractivity contribution in [1.82, 2.24) is 9.88 Å². The van der Waals surface area contributed by atoms with Gasteiger partial charge in [-0.15, -0.1) is 0 Å². The number of aryl methyl sites for hydroxylation is 2. The minimum Gasteiger partial charge on any atom is -0.378 e. The van der Waals surface area contributed by atoms with Crippen LogP contribution in [0.25, 0.3) is 10.9 Å². The molecule has 128 valence electrons. The highest BCUT2D eigenvalue weighted by Gasteiger charge is 2.18. The van der Waals surface area contributed by atoms with E-state index in [1.165, 1.54) is 12.0 Å². The molecule has 1 saturated heterocycles. The van der Waals surface area contributed by atoms with Crippen molar-refractivity contribution in [3.05, 3.63) is 41.1 Å². The van der Waals surface area contributed by atoms with E-state index in [-0.39, 0.29) is 5.91 Å². The van der Waals surface area contributed by atoms with Crippen molar-refractivity contribution in [3.63, 3.8) is 0 Å². The Bertz CT molecular complexity index is 736. The molecular formula is C20H26N2O2. The lowest BCUT2D eigenvalue weighted by Crippen LogP contribution is -2.29. The van der Waals surface area contributed by atoms with Gasteiger partial charge in [0.15, 0.2) is 0 Å². The van der Waals surface area contributed by atoms with E-state index in [4.69, 9.17) is 4.74 Å². The van der Waals surface area contributed by atoms with E-state index < -0.39 is 0 Å². The van der Waals surface area contributed by atoms with Gasteiger partial charge in [-0.1, -0.05) is 11.6 Å². The molecule has 1 aromatic carbocycles. The Morgan fingerprint density at radius 1 is 1.33 bits per heavy atom. The Labute approximate surface area is 143 Å². The molecule has 0 bridgehead atoms. The van der Waals surface area contributed by atoms with E-state index in [9.17, 15) is 4.79 Å². The molecule has 0 N–H and O–H groups in total. The lowest BCUT2D eigenvalue weighted by molar-refractivity contribution is 0.0762. The third kappa shape index (κ3) is 3.75. The Morgan fingerprint density at radius 2 is 2.17 bits per heavy atom. The van der Waals surface area contributed by atoms with Crippen LogP contribution in [0.15, 0.2) is 24.3 Å². The summed E-state index contributed by atoms with van der Waals surface area (Å²) in [5, 5.41) is 1.02. The van der Waals surface area contributed by atoms with Gasteiger partial charge in [0, 0.05) is 25.6 Å². The van der Waals surface area contributed by atoms with E-state index in [2.05, 4.69) is 18.0 Å². The fourth-order valence-corrected chi connectivity index (χ4v) is 3.34. The standard InChI is InChI=1S/C20H26N2O2/c1-14-8-9-19-16(12-14)13-18(15(2)21-19)20(23)22(3)10-4-6-17-7-5-11-24-17/h8-9,12-13,17H,4-7,10-11H2,1-3H3/t17-/m0/s1. The van der Waals surface area contributed by atoms with E-state index in [1.807, 2.05) is 32.2 Å². The van der Waals surface area contributed by atoms with Crippen molar-refractivity contribution in [2.24, 2.45) is 0 Å². The molecule has 1 fully saturated rings. The van der Waals surface area contributed by atoms with Crippen molar-refractivity contribution in [1.29, 1.82) is 0 Å². The van der Waals surface area contributed by atoms with Crippen LogP contribution in [-0.4, -0.2) is 42.1 Å². The van der Waals surface area contributed by atoms with Crippen molar-refractivity contribution in [3.8, 4) is 0 Å². The first kappa shape index (κ1) is 16.9. The smallest absolute Gasteiger partial charge is 0.255 e. The summed E-state index contributed by atoms with van der Waals surface area (Å²) in [6.45, 7) is 5.61. The summed E-state index contributed by atoms with van der Waals surface area (Å²) in [7, 11) is 1.87. The van der Waals surface area contributed by atoms with Gasteiger partial charge in [-0.3, -0.25) is 9.78 Å². The van der Waals surface area contributed by atoms with E-state index in [0.29, 0.717) is 11.7 Å². The number of amides is 1. The Kier molecular flexibility index (Phi) is 5.14. The molecule has 3 rings (SSSR count). The number of carbonyl (C=O) groups is 1. The van der Waals surface area contributed by atoms with E-state index in [1.54, 1.807) is 4.90 Å². The molecule has 24 heavy (non-hydrogen) atoms. The van der Waals surface area contributed by atoms with Crippen LogP contribution in [-0.2, 0) is 4.74 Å². The zero-order chi connectivity index (χ0) is 17.1. The van der Waals surface area contributed by atoms with Crippen LogP contribution in [0.3, 0.4) is 0 Å². The molecule has 2 aromatic rings. The minimum absolute atomic E-state index is 0.0516.